The molecule has 7 heteroatoms. The SMILES string of the molecule is COc1ccc(Cl)cc1NC(=O)CN(C)C(=O)C=Cc1cccs1. The van der Waals surface area contributed by atoms with E-state index in [0.29, 0.717) is 16.5 Å². The Labute approximate surface area is 149 Å². The maximum absolute atomic E-state index is 12.1. The second-order valence-electron chi connectivity index (χ2n) is 4.94. The number of ether oxygens (including phenoxy) is 1. The van der Waals surface area contributed by atoms with E-state index in [4.69, 9.17) is 16.3 Å². The van der Waals surface area contributed by atoms with E-state index in [0.717, 1.165) is 4.88 Å². The van der Waals surface area contributed by atoms with Crippen molar-refractivity contribution < 1.29 is 14.3 Å². The monoisotopic (exact) mass is 364 g/mol. The lowest BCUT2D eigenvalue weighted by Crippen LogP contribution is -2.33. The zero-order chi connectivity index (χ0) is 17.5. The van der Waals surface area contributed by atoms with Crippen molar-refractivity contribution in [1.82, 2.24) is 4.90 Å². The maximum atomic E-state index is 12.1. The number of carbonyl (C=O) groups is 2. The van der Waals surface area contributed by atoms with Gasteiger partial charge in [-0.1, -0.05) is 17.7 Å². The van der Waals surface area contributed by atoms with E-state index in [-0.39, 0.29) is 18.4 Å². The van der Waals surface area contributed by atoms with E-state index in [1.807, 2.05) is 17.5 Å². The smallest absolute Gasteiger partial charge is 0.246 e. The van der Waals surface area contributed by atoms with E-state index in [1.165, 1.54) is 29.4 Å². The van der Waals surface area contributed by atoms with Crippen molar-refractivity contribution in [2.24, 2.45) is 0 Å². The second-order valence-corrected chi connectivity index (χ2v) is 6.35. The summed E-state index contributed by atoms with van der Waals surface area (Å²) >= 11 is 7.46. The number of amides is 2. The Kier molecular flexibility index (Phi) is 6.40. The van der Waals surface area contributed by atoms with Gasteiger partial charge in [0.1, 0.15) is 5.75 Å². The van der Waals surface area contributed by atoms with E-state index in [2.05, 4.69) is 5.32 Å². The van der Waals surface area contributed by atoms with Crippen LogP contribution in [0.4, 0.5) is 5.69 Å². The van der Waals surface area contributed by atoms with E-state index in [9.17, 15) is 9.59 Å². The minimum atomic E-state index is -0.337. The van der Waals surface area contributed by atoms with Gasteiger partial charge in [-0.15, -0.1) is 11.3 Å². The molecule has 1 N–H and O–H groups in total. The molecule has 1 aromatic heterocycles. The van der Waals surface area contributed by atoms with Gasteiger partial charge >= 0.3 is 0 Å². The number of hydrogen-bond acceptors (Lipinski definition) is 4. The lowest BCUT2D eigenvalue weighted by atomic mass is 10.3. The lowest BCUT2D eigenvalue weighted by Gasteiger charge is -2.16. The summed E-state index contributed by atoms with van der Waals surface area (Å²) in [5.41, 5.74) is 0.463. The van der Waals surface area contributed by atoms with Crippen LogP contribution in [0.5, 0.6) is 5.75 Å². The number of benzene rings is 1. The number of halogens is 1. The van der Waals surface area contributed by atoms with E-state index < -0.39 is 0 Å². The van der Waals surface area contributed by atoms with Gasteiger partial charge in [0.05, 0.1) is 19.3 Å². The van der Waals surface area contributed by atoms with Crippen molar-refractivity contribution in [3.05, 3.63) is 51.7 Å². The van der Waals surface area contributed by atoms with Crippen molar-refractivity contribution in [1.29, 1.82) is 0 Å². The summed E-state index contributed by atoms with van der Waals surface area (Å²) in [6, 6.07) is 8.74. The number of hydrogen-bond donors (Lipinski definition) is 1. The minimum Gasteiger partial charge on any atom is -0.495 e. The predicted octanol–water partition coefficient (Wildman–Crippen LogP) is 3.52. The highest BCUT2D eigenvalue weighted by molar-refractivity contribution is 7.10. The van der Waals surface area contributed by atoms with Crippen molar-refractivity contribution >= 4 is 46.5 Å². The van der Waals surface area contributed by atoms with Crippen LogP contribution in [0.2, 0.25) is 5.02 Å². The molecular formula is C17H17ClN2O3S. The summed E-state index contributed by atoms with van der Waals surface area (Å²) in [5.74, 6) is -0.0909. The van der Waals surface area contributed by atoms with Gasteiger partial charge in [0, 0.05) is 23.0 Å². The number of likely N-dealkylation sites (N-methyl/N-ethyl adjacent to an activating group) is 1. The highest BCUT2D eigenvalue weighted by atomic mass is 35.5. The fourth-order valence-electron chi connectivity index (χ4n) is 1.93. The summed E-state index contributed by atoms with van der Waals surface area (Å²) in [5, 5.41) is 5.10. The molecule has 0 atom stereocenters. The highest BCUT2D eigenvalue weighted by Gasteiger charge is 2.13. The number of carbonyl (C=O) groups excluding carboxylic acids is 2. The fraction of sp³-hybridized carbons (Fsp3) is 0.176. The number of nitrogens with zero attached hydrogens (tertiary/aromatic N) is 1. The minimum absolute atomic E-state index is 0.0801. The molecule has 0 bridgehead atoms. The Bertz CT molecular complexity index is 744. The molecule has 0 unspecified atom stereocenters. The van der Waals surface area contributed by atoms with Crippen molar-refractivity contribution in [2.75, 3.05) is 26.0 Å². The Morgan fingerprint density at radius 1 is 1.38 bits per heavy atom. The average Bonchev–Trinajstić information content (AvgIpc) is 3.06. The van der Waals surface area contributed by atoms with Gasteiger partial charge < -0.3 is 15.0 Å². The first-order chi connectivity index (χ1) is 11.5. The molecule has 1 heterocycles. The van der Waals surface area contributed by atoms with Crippen LogP contribution in [0.3, 0.4) is 0 Å². The van der Waals surface area contributed by atoms with Gasteiger partial charge in [-0.2, -0.15) is 0 Å². The van der Waals surface area contributed by atoms with Crippen molar-refractivity contribution in [3.8, 4) is 5.75 Å². The summed E-state index contributed by atoms with van der Waals surface area (Å²) in [7, 11) is 3.07. The zero-order valence-electron chi connectivity index (χ0n) is 13.3. The number of thiophene rings is 1. The molecule has 0 saturated heterocycles. The third kappa shape index (κ3) is 5.11. The fourth-order valence-corrected chi connectivity index (χ4v) is 2.72. The third-order valence-electron chi connectivity index (χ3n) is 3.13. The predicted molar refractivity (Wildman–Crippen MR) is 97.6 cm³/mol. The topological polar surface area (TPSA) is 58.6 Å². The van der Waals surface area contributed by atoms with Crippen molar-refractivity contribution in [3.63, 3.8) is 0 Å². The number of methoxy groups -OCH3 is 1. The molecule has 0 fully saturated rings. The normalized spacial score (nSPS) is 10.6. The number of anilines is 1. The molecule has 126 valence electrons. The van der Waals surface area contributed by atoms with Crippen LogP contribution >= 0.6 is 22.9 Å². The van der Waals surface area contributed by atoms with Gasteiger partial charge in [-0.25, -0.2) is 0 Å². The molecule has 0 radical (unpaired) electrons. The van der Waals surface area contributed by atoms with Crippen LogP contribution in [0, 0.1) is 0 Å². The van der Waals surface area contributed by atoms with Crippen LogP contribution in [0.1, 0.15) is 4.88 Å². The van der Waals surface area contributed by atoms with Crippen LogP contribution in [0.25, 0.3) is 6.08 Å². The first kappa shape index (κ1) is 18.0. The molecule has 0 aliphatic rings. The first-order valence-corrected chi connectivity index (χ1v) is 8.35. The Morgan fingerprint density at radius 2 is 2.17 bits per heavy atom. The number of nitrogens with one attached hydrogen (secondary N) is 1. The largest absolute Gasteiger partial charge is 0.495 e. The maximum Gasteiger partial charge on any atom is 0.246 e. The van der Waals surface area contributed by atoms with Gasteiger partial charge in [-0.3, -0.25) is 9.59 Å². The summed E-state index contributed by atoms with van der Waals surface area (Å²) in [6.07, 6.45) is 3.17. The molecule has 0 spiro atoms. The molecular weight excluding hydrogens is 348 g/mol. The molecule has 24 heavy (non-hydrogen) atoms. The Balaban J connectivity index is 1.94. The molecule has 0 aliphatic carbocycles. The van der Waals surface area contributed by atoms with Gasteiger partial charge in [0.2, 0.25) is 11.8 Å². The van der Waals surface area contributed by atoms with Crippen LogP contribution < -0.4 is 10.1 Å². The average molecular weight is 365 g/mol. The van der Waals surface area contributed by atoms with Crippen molar-refractivity contribution in [2.45, 2.75) is 0 Å². The quantitative estimate of drug-likeness (QED) is 0.798. The van der Waals surface area contributed by atoms with E-state index in [1.54, 1.807) is 31.3 Å². The molecule has 0 aliphatic heterocycles. The molecule has 2 rings (SSSR count). The Morgan fingerprint density at radius 3 is 2.83 bits per heavy atom. The van der Waals surface area contributed by atoms with Gasteiger partial charge in [0.25, 0.3) is 0 Å². The summed E-state index contributed by atoms with van der Waals surface area (Å²) < 4.78 is 5.17. The lowest BCUT2D eigenvalue weighted by molar-refractivity contribution is -0.129. The number of rotatable bonds is 6. The molecule has 5 nitrogen and oxygen atoms in total. The standard InChI is InChI=1S/C17H17ClN2O3S/c1-20(17(22)8-6-13-4-3-9-24-13)11-16(21)19-14-10-12(18)5-7-15(14)23-2/h3-10H,11H2,1-2H3,(H,19,21). The van der Waals surface area contributed by atoms with E-state index >= 15 is 0 Å². The molecule has 0 saturated carbocycles. The van der Waals surface area contributed by atoms with Crippen LogP contribution in [-0.4, -0.2) is 37.4 Å². The molecule has 2 aromatic rings. The molecule has 2 amide bonds. The second kappa shape index (κ2) is 8.52. The van der Waals surface area contributed by atoms with Gasteiger partial charge in [-0.05, 0) is 35.7 Å². The summed E-state index contributed by atoms with van der Waals surface area (Å²) in [6.45, 7) is -0.0801. The highest BCUT2D eigenvalue weighted by Crippen LogP contribution is 2.27. The third-order valence-corrected chi connectivity index (χ3v) is 4.20. The van der Waals surface area contributed by atoms with Crippen LogP contribution in [-0.2, 0) is 9.59 Å². The molecule has 1 aromatic carbocycles. The summed E-state index contributed by atoms with van der Waals surface area (Å²) in [4.78, 5) is 26.4. The Hall–Kier alpha value is -2.31. The van der Waals surface area contributed by atoms with Crippen LogP contribution in [0.15, 0.2) is 41.8 Å². The first-order valence-electron chi connectivity index (χ1n) is 7.09. The zero-order valence-corrected chi connectivity index (χ0v) is 14.9. The van der Waals surface area contributed by atoms with Gasteiger partial charge in [0.15, 0.2) is 0 Å².